The summed E-state index contributed by atoms with van der Waals surface area (Å²) in [6, 6.07) is 0. The maximum atomic E-state index is 11.2. The molecule has 0 saturated carbocycles. The van der Waals surface area contributed by atoms with Gasteiger partial charge in [-0.25, -0.2) is 0 Å². The van der Waals surface area contributed by atoms with Crippen molar-refractivity contribution in [2.24, 2.45) is 5.73 Å². The first-order chi connectivity index (χ1) is 9.33. The van der Waals surface area contributed by atoms with Crippen LogP contribution in [0.2, 0.25) is 0 Å². The fourth-order valence-corrected chi connectivity index (χ4v) is 2.02. The second-order valence-corrected chi connectivity index (χ2v) is 8.74. The Balaban J connectivity index is 0. The second-order valence-electron chi connectivity index (χ2n) is 6.98. The predicted octanol–water partition coefficient (Wildman–Crippen LogP) is -0.927. The molecule has 0 aliphatic carbocycles. The monoisotopic (exact) mass is 329 g/mol. The maximum Gasteiger partial charge on any atom is 0.267 e. The molecule has 0 rings (SSSR count). The Labute approximate surface area is 130 Å². The van der Waals surface area contributed by atoms with Gasteiger partial charge in [-0.1, -0.05) is 0 Å². The van der Waals surface area contributed by atoms with Crippen LogP contribution < -0.4 is 5.73 Å². The summed E-state index contributed by atoms with van der Waals surface area (Å²) in [6.07, 6.45) is 0.451. The molecule has 8 heteroatoms. The molecule has 0 aromatic rings. The first kappa shape index (κ1) is 23.0. The summed E-state index contributed by atoms with van der Waals surface area (Å²) >= 11 is 0. The highest BCUT2D eigenvalue weighted by atomic mass is 32.2. The normalized spacial score (nSPS) is 12.8. The molecule has 0 aromatic carbocycles. The minimum Gasteiger partial charge on any atom is -0.391 e. The zero-order chi connectivity index (χ0) is 17.2. The van der Waals surface area contributed by atoms with Crippen molar-refractivity contribution in [2.45, 2.75) is 6.42 Å². The van der Waals surface area contributed by atoms with Gasteiger partial charge < -0.3 is 19.8 Å². The Hall–Kier alpha value is -0.250. The summed E-state index contributed by atoms with van der Waals surface area (Å²) in [6.45, 7) is 2.39. The lowest BCUT2D eigenvalue weighted by Gasteiger charge is -2.23. The zero-order valence-electron chi connectivity index (χ0n) is 14.5. The molecular weight excluding hydrogens is 294 g/mol. The number of rotatable bonds is 9. The van der Waals surface area contributed by atoms with Crippen LogP contribution in [0.15, 0.2) is 0 Å². The molecule has 0 amide bonds. The number of hydrogen-bond donors (Lipinski definition) is 2. The third-order valence-electron chi connectivity index (χ3n) is 2.39. The van der Waals surface area contributed by atoms with Crippen LogP contribution in [0, 0.1) is 0 Å². The molecule has 7 nitrogen and oxygen atoms in total. The molecule has 0 heterocycles. The van der Waals surface area contributed by atoms with Gasteiger partial charge in [0.05, 0.1) is 54.6 Å². The van der Waals surface area contributed by atoms with Crippen LogP contribution in [0.1, 0.15) is 6.42 Å². The van der Waals surface area contributed by atoms with Gasteiger partial charge in [0.25, 0.3) is 10.1 Å². The van der Waals surface area contributed by atoms with Crippen molar-refractivity contribution in [3.8, 4) is 0 Å². The van der Waals surface area contributed by atoms with Crippen LogP contribution in [0.4, 0.5) is 0 Å². The molecule has 0 unspecified atom stereocenters. The molecule has 0 radical (unpaired) electrons. The largest absolute Gasteiger partial charge is 0.391 e. The standard InChI is InChI=1S/C8H21N2O3S.C5H14NO/c1-10(2,3)6-7-13-14(11,12)8-4-5-9;1-6(2,3)4-5-7/h4-9H2,1-3H3;7H,4-5H2,1-3H3/q2*+1. The van der Waals surface area contributed by atoms with Crippen molar-refractivity contribution >= 4 is 10.1 Å². The van der Waals surface area contributed by atoms with Gasteiger partial charge in [0.15, 0.2) is 0 Å². The van der Waals surface area contributed by atoms with Crippen molar-refractivity contribution < 1.29 is 26.7 Å². The first-order valence-corrected chi connectivity index (χ1v) is 8.69. The molecule has 21 heavy (non-hydrogen) atoms. The quantitative estimate of drug-likeness (QED) is 0.421. The van der Waals surface area contributed by atoms with Gasteiger partial charge in [0.1, 0.15) is 19.7 Å². The van der Waals surface area contributed by atoms with Gasteiger partial charge in [-0.15, -0.1) is 0 Å². The molecule has 0 aromatic heterocycles. The van der Waals surface area contributed by atoms with Crippen LogP contribution in [-0.4, -0.2) is 103 Å². The van der Waals surface area contributed by atoms with E-state index in [2.05, 4.69) is 21.1 Å². The summed E-state index contributed by atoms with van der Waals surface area (Å²) in [4.78, 5) is 0. The summed E-state index contributed by atoms with van der Waals surface area (Å²) in [5, 5.41) is 8.39. The minimum atomic E-state index is -3.36. The highest BCUT2D eigenvalue weighted by Crippen LogP contribution is 1.97. The third-order valence-corrected chi connectivity index (χ3v) is 3.71. The zero-order valence-corrected chi connectivity index (χ0v) is 15.3. The van der Waals surface area contributed by atoms with Gasteiger partial charge in [-0.05, 0) is 13.0 Å². The number of quaternary nitrogens is 2. The lowest BCUT2D eigenvalue weighted by atomic mass is 10.5. The fraction of sp³-hybridized carbons (Fsp3) is 1.00. The fourth-order valence-electron chi connectivity index (χ4n) is 1.06. The van der Waals surface area contributed by atoms with Crippen molar-refractivity contribution in [3.05, 3.63) is 0 Å². The number of hydrogen-bond acceptors (Lipinski definition) is 5. The maximum absolute atomic E-state index is 11.2. The van der Waals surface area contributed by atoms with Gasteiger partial charge in [-0.3, -0.25) is 4.18 Å². The van der Waals surface area contributed by atoms with E-state index in [1.807, 2.05) is 21.1 Å². The van der Waals surface area contributed by atoms with Crippen LogP contribution >= 0.6 is 0 Å². The van der Waals surface area contributed by atoms with E-state index in [1.54, 1.807) is 0 Å². The second kappa shape index (κ2) is 10.5. The molecule has 0 bridgehead atoms. The van der Waals surface area contributed by atoms with E-state index in [0.29, 0.717) is 24.0 Å². The number of nitrogens with zero attached hydrogens (tertiary/aromatic N) is 2. The number of nitrogens with two attached hydrogens (primary N) is 1. The highest BCUT2D eigenvalue weighted by molar-refractivity contribution is 7.86. The van der Waals surface area contributed by atoms with Gasteiger partial charge in [0, 0.05) is 0 Å². The lowest BCUT2D eigenvalue weighted by Crippen LogP contribution is -2.38. The molecule has 0 atom stereocenters. The highest BCUT2D eigenvalue weighted by Gasteiger charge is 2.13. The van der Waals surface area contributed by atoms with Crippen molar-refractivity contribution in [1.29, 1.82) is 0 Å². The van der Waals surface area contributed by atoms with Crippen LogP contribution in [0.3, 0.4) is 0 Å². The van der Waals surface area contributed by atoms with Crippen molar-refractivity contribution in [1.82, 2.24) is 0 Å². The van der Waals surface area contributed by atoms with Gasteiger partial charge in [0.2, 0.25) is 0 Å². The van der Waals surface area contributed by atoms with E-state index in [1.165, 1.54) is 0 Å². The van der Waals surface area contributed by atoms with E-state index in [4.69, 9.17) is 15.0 Å². The third kappa shape index (κ3) is 22.2. The molecule has 0 fully saturated rings. The summed E-state index contributed by atoms with van der Waals surface area (Å²) < 4.78 is 28.7. The number of aliphatic hydroxyl groups is 1. The number of likely N-dealkylation sites (N-methyl/N-ethyl adjacent to an activating group) is 2. The lowest BCUT2D eigenvalue weighted by molar-refractivity contribution is -0.870. The van der Waals surface area contributed by atoms with Gasteiger partial charge in [-0.2, -0.15) is 8.42 Å². The topological polar surface area (TPSA) is 89.6 Å². The Morgan fingerprint density at radius 2 is 1.48 bits per heavy atom. The van der Waals surface area contributed by atoms with Crippen LogP contribution in [0.25, 0.3) is 0 Å². The Morgan fingerprint density at radius 1 is 1.00 bits per heavy atom. The van der Waals surface area contributed by atoms with Crippen molar-refractivity contribution in [3.63, 3.8) is 0 Å². The summed E-state index contributed by atoms with van der Waals surface area (Å²) in [7, 11) is 8.75. The molecule has 0 spiro atoms. The molecular formula is C13H35N3O4S+2. The molecule has 130 valence electrons. The van der Waals surface area contributed by atoms with E-state index in [9.17, 15) is 8.42 Å². The minimum absolute atomic E-state index is 0.0145. The van der Waals surface area contributed by atoms with Crippen LogP contribution in [0.5, 0.6) is 0 Å². The molecule has 0 saturated heterocycles. The number of aliphatic hydroxyl groups excluding tert-OH is 1. The molecule has 0 aliphatic heterocycles. The van der Waals surface area contributed by atoms with Gasteiger partial charge >= 0.3 is 0 Å². The van der Waals surface area contributed by atoms with E-state index < -0.39 is 10.1 Å². The average molecular weight is 330 g/mol. The SMILES string of the molecule is C[N+](C)(C)CCO.C[N+](C)(C)CCOS(=O)(=O)CCCN. The smallest absolute Gasteiger partial charge is 0.267 e. The van der Waals surface area contributed by atoms with Crippen LogP contribution in [-0.2, 0) is 14.3 Å². The Bertz CT molecular complexity index is 345. The van der Waals surface area contributed by atoms with E-state index in [-0.39, 0.29) is 19.0 Å². The predicted molar refractivity (Wildman–Crippen MR) is 86.3 cm³/mol. The summed E-state index contributed by atoms with van der Waals surface area (Å²) in [5.74, 6) is 0.0145. The van der Waals surface area contributed by atoms with E-state index >= 15 is 0 Å². The molecule has 3 N–H and O–H groups in total. The average Bonchev–Trinajstić information content (AvgIpc) is 2.23. The first-order valence-electron chi connectivity index (χ1n) is 7.12. The van der Waals surface area contributed by atoms with Crippen molar-refractivity contribution in [2.75, 3.05) is 80.9 Å². The Kier molecular flexibility index (Phi) is 11.5. The Morgan fingerprint density at radius 3 is 1.76 bits per heavy atom. The van der Waals surface area contributed by atoms with E-state index in [0.717, 1.165) is 11.0 Å². The summed E-state index contributed by atoms with van der Waals surface area (Å²) in [5.41, 5.74) is 5.21. The molecule has 0 aliphatic rings.